The number of benzene rings is 1. The Morgan fingerprint density at radius 1 is 1.26 bits per heavy atom. The largest absolute Gasteiger partial charge is 0.302 e. The van der Waals surface area contributed by atoms with Gasteiger partial charge in [0.05, 0.1) is 16.3 Å². The molecule has 0 aliphatic carbocycles. The fourth-order valence-corrected chi connectivity index (χ4v) is 4.44. The van der Waals surface area contributed by atoms with Crippen molar-refractivity contribution in [2.24, 2.45) is 0 Å². The molecular weight excluding hydrogens is 388 g/mol. The Labute approximate surface area is 162 Å². The van der Waals surface area contributed by atoms with Crippen LogP contribution in [0, 0.1) is 11.6 Å². The van der Waals surface area contributed by atoms with Crippen molar-refractivity contribution in [3.63, 3.8) is 0 Å². The minimum Gasteiger partial charge on any atom is -0.302 e. The summed E-state index contributed by atoms with van der Waals surface area (Å²) in [7, 11) is 0. The summed E-state index contributed by atoms with van der Waals surface area (Å²) in [6.07, 6.45) is 5.23. The summed E-state index contributed by atoms with van der Waals surface area (Å²) in [6.45, 7) is 0.435. The van der Waals surface area contributed by atoms with Gasteiger partial charge in [0.1, 0.15) is 16.6 Å². The Kier molecular flexibility index (Phi) is 5.00. The van der Waals surface area contributed by atoms with Crippen molar-refractivity contribution in [1.29, 1.82) is 0 Å². The van der Waals surface area contributed by atoms with Crippen LogP contribution < -0.4 is 0 Å². The van der Waals surface area contributed by atoms with Gasteiger partial charge in [-0.1, -0.05) is 0 Å². The Morgan fingerprint density at radius 3 is 2.96 bits per heavy atom. The van der Waals surface area contributed by atoms with Crippen LogP contribution in [0.2, 0.25) is 0 Å². The van der Waals surface area contributed by atoms with E-state index in [0.717, 1.165) is 28.8 Å². The van der Waals surface area contributed by atoms with Crippen molar-refractivity contribution in [1.82, 2.24) is 14.9 Å². The van der Waals surface area contributed by atoms with Gasteiger partial charge in [0, 0.05) is 35.6 Å². The molecule has 2 aromatic heterocycles. The van der Waals surface area contributed by atoms with Crippen LogP contribution in [0.4, 0.5) is 8.78 Å². The first kappa shape index (κ1) is 17.8. The van der Waals surface area contributed by atoms with Crippen molar-refractivity contribution >= 4 is 35.1 Å². The van der Waals surface area contributed by atoms with Crippen molar-refractivity contribution in [3.05, 3.63) is 76.0 Å². The summed E-state index contributed by atoms with van der Waals surface area (Å²) >= 11 is 2.96. The second-order valence-corrected chi connectivity index (χ2v) is 7.70. The molecule has 0 N–H and O–H groups in total. The molecule has 1 aliphatic rings. The van der Waals surface area contributed by atoms with E-state index < -0.39 is 17.5 Å². The summed E-state index contributed by atoms with van der Waals surface area (Å²) < 4.78 is 27.4. The molecule has 4 rings (SSSR count). The Morgan fingerprint density at radius 2 is 2.15 bits per heavy atom. The third-order valence-electron chi connectivity index (χ3n) is 3.94. The number of halogens is 2. The van der Waals surface area contributed by atoms with E-state index in [0.29, 0.717) is 23.0 Å². The average molecular weight is 401 g/mol. The molecule has 0 atom stereocenters. The van der Waals surface area contributed by atoms with E-state index in [2.05, 4.69) is 9.97 Å². The number of rotatable bonds is 3. The zero-order valence-electron chi connectivity index (χ0n) is 13.9. The van der Waals surface area contributed by atoms with E-state index in [4.69, 9.17) is 0 Å². The quantitative estimate of drug-likeness (QED) is 0.640. The molecule has 1 saturated heterocycles. The number of hydrogen-bond donors (Lipinski definition) is 0. The van der Waals surface area contributed by atoms with Crippen molar-refractivity contribution in [2.45, 2.75) is 0 Å². The molecule has 1 aromatic carbocycles. The molecule has 0 radical (unpaired) electrons. The number of amides is 1. The van der Waals surface area contributed by atoms with Crippen LogP contribution in [0.3, 0.4) is 0 Å². The number of aromatic nitrogens is 2. The second-order valence-electron chi connectivity index (χ2n) is 5.73. The second kappa shape index (κ2) is 7.58. The Balaban J connectivity index is 1.61. The van der Waals surface area contributed by atoms with Gasteiger partial charge in [-0.3, -0.25) is 9.78 Å². The maximum Gasteiger partial charge on any atom is 0.261 e. The lowest BCUT2D eigenvalue weighted by Crippen LogP contribution is -2.27. The van der Waals surface area contributed by atoms with E-state index in [1.165, 1.54) is 28.0 Å². The molecule has 0 spiro atoms. The molecule has 4 nitrogen and oxygen atoms in total. The first-order valence-electron chi connectivity index (χ1n) is 8.09. The molecule has 0 saturated carbocycles. The van der Waals surface area contributed by atoms with Gasteiger partial charge in [-0.25, -0.2) is 13.8 Å². The Bertz CT molecular complexity index is 1020. The highest BCUT2D eigenvalue weighted by Gasteiger charge is 2.27. The van der Waals surface area contributed by atoms with Crippen LogP contribution in [-0.4, -0.2) is 33.1 Å². The van der Waals surface area contributed by atoms with Crippen LogP contribution in [0.5, 0.6) is 0 Å². The molecular formula is C19H13F2N3OS2. The van der Waals surface area contributed by atoms with Crippen LogP contribution in [0.1, 0.15) is 16.1 Å². The molecule has 1 fully saturated rings. The summed E-state index contributed by atoms with van der Waals surface area (Å²) in [5, 5.41) is 3.39. The van der Waals surface area contributed by atoms with Gasteiger partial charge >= 0.3 is 0 Å². The molecule has 3 heterocycles. The maximum atomic E-state index is 14.0. The number of nitrogens with zero attached hydrogens (tertiary/aromatic N) is 3. The highest BCUT2D eigenvalue weighted by Crippen LogP contribution is 2.33. The smallest absolute Gasteiger partial charge is 0.261 e. The predicted octanol–water partition coefficient (Wildman–Crippen LogP) is 4.67. The van der Waals surface area contributed by atoms with Crippen LogP contribution in [0.25, 0.3) is 16.6 Å². The van der Waals surface area contributed by atoms with Gasteiger partial charge in [0.15, 0.2) is 0 Å². The monoisotopic (exact) mass is 401 g/mol. The molecule has 8 heteroatoms. The molecule has 0 unspecified atom stereocenters. The average Bonchev–Trinajstić information content (AvgIpc) is 3.34. The lowest BCUT2D eigenvalue weighted by Gasteiger charge is -2.17. The molecule has 27 heavy (non-hydrogen) atoms. The summed E-state index contributed by atoms with van der Waals surface area (Å²) in [4.78, 5) is 22.8. The van der Waals surface area contributed by atoms with Crippen LogP contribution in [-0.2, 0) is 0 Å². The number of carbonyl (C=O) groups excluding carboxylic acids is 1. The Hall–Kier alpha value is -2.58. The van der Waals surface area contributed by atoms with E-state index in [1.807, 2.05) is 17.5 Å². The normalized spacial score (nSPS) is 15.5. The third-order valence-corrected chi connectivity index (χ3v) is 5.87. The summed E-state index contributed by atoms with van der Waals surface area (Å²) in [5.74, 6) is -1.23. The van der Waals surface area contributed by atoms with Gasteiger partial charge in [-0.15, -0.1) is 23.1 Å². The number of pyridine rings is 1. The van der Waals surface area contributed by atoms with Crippen molar-refractivity contribution in [3.8, 4) is 10.6 Å². The lowest BCUT2D eigenvalue weighted by molar-refractivity contribution is 0.0826. The minimum absolute atomic E-state index is 0.266. The van der Waals surface area contributed by atoms with E-state index in [1.54, 1.807) is 18.5 Å². The van der Waals surface area contributed by atoms with Crippen LogP contribution in [0.15, 0.2) is 53.1 Å². The first-order valence-corrected chi connectivity index (χ1v) is 9.96. The fourth-order valence-electron chi connectivity index (χ4n) is 2.66. The molecule has 3 aromatic rings. The highest BCUT2D eigenvalue weighted by molar-refractivity contribution is 8.03. The number of thioether (sulfide) groups is 1. The zero-order valence-corrected chi connectivity index (χ0v) is 15.6. The third kappa shape index (κ3) is 3.77. The molecule has 1 amide bonds. The number of thiazole rings is 1. The van der Waals surface area contributed by atoms with Gasteiger partial charge in [0.2, 0.25) is 0 Å². The topological polar surface area (TPSA) is 46.1 Å². The van der Waals surface area contributed by atoms with Gasteiger partial charge in [0.25, 0.3) is 5.91 Å². The molecule has 0 bridgehead atoms. The van der Waals surface area contributed by atoms with E-state index >= 15 is 0 Å². The van der Waals surface area contributed by atoms with Gasteiger partial charge < -0.3 is 4.90 Å². The summed E-state index contributed by atoms with van der Waals surface area (Å²) in [5.41, 5.74) is 1.36. The predicted molar refractivity (Wildman–Crippen MR) is 103 cm³/mol. The van der Waals surface area contributed by atoms with E-state index in [9.17, 15) is 13.6 Å². The highest BCUT2D eigenvalue weighted by atomic mass is 32.2. The molecule has 136 valence electrons. The standard InChI is InChI=1S/C19H13F2N3OS2/c20-13-3-4-16(21)15(8-13)19(25)24-6-7-26-17(24)9-14-11-27-18(23-14)12-2-1-5-22-10-12/h1-5,8-11H,6-7H2/b17-9+. The zero-order chi connectivity index (χ0) is 18.8. The van der Waals surface area contributed by atoms with Crippen molar-refractivity contribution < 1.29 is 13.6 Å². The molecule has 1 aliphatic heterocycles. The maximum absolute atomic E-state index is 14.0. The van der Waals surface area contributed by atoms with Gasteiger partial charge in [-0.05, 0) is 36.4 Å². The summed E-state index contributed by atoms with van der Waals surface area (Å²) in [6, 6.07) is 6.67. The fraction of sp³-hybridized carbons (Fsp3) is 0.105. The van der Waals surface area contributed by atoms with Gasteiger partial charge in [-0.2, -0.15) is 0 Å². The SMILES string of the molecule is O=C(c1cc(F)ccc1F)N1CCS/C1=C/c1csc(-c2cccnc2)n1. The number of hydrogen-bond acceptors (Lipinski definition) is 5. The lowest BCUT2D eigenvalue weighted by atomic mass is 10.2. The minimum atomic E-state index is -0.731. The van der Waals surface area contributed by atoms with E-state index in [-0.39, 0.29) is 5.56 Å². The first-order chi connectivity index (χ1) is 13.1. The van der Waals surface area contributed by atoms with Crippen molar-refractivity contribution in [2.75, 3.05) is 12.3 Å². The van der Waals surface area contributed by atoms with Crippen LogP contribution >= 0.6 is 23.1 Å². The number of carbonyl (C=O) groups is 1.